The van der Waals surface area contributed by atoms with E-state index in [0.717, 1.165) is 22.3 Å². The van der Waals surface area contributed by atoms with Gasteiger partial charge in [-0.2, -0.15) is 0 Å². The third kappa shape index (κ3) is 5.90. The number of rotatable bonds is 9. The summed E-state index contributed by atoms with van der Waals surface area (Å²) in [6.45, 7) is 5.19. The number of amides is 2. The summed E-state index contributed by atoms with van der Waals surface area (Å²) in [7, 11) is 0. The monoisotopic (exact) mass is 454 g/mol. The summed E-state index contributed by atoms with van der Waals surface area (Å²) in [6.07, 6.45) is -1.85. The largest absolute Gasteiger partial charge is 0.480 e. The van der Waals surface area contributed by atoms with Crippen LogP contribution < -0.4 is 10.6 Å². The molecule has 2 unspecified atom stereocenters. The van der Waals surface area contributed by atoms with E-state index < -0.39 is 35.5 Å². The summed E-state index contributed by atoms with van der Waals surface area (Å²) < 4.78 is 5.51. The Hall–Kier alpha value is -3.39. The normalized spacial score (nSPS) is 14.5. The Morgan fingerprint density at radius 1 is 1.03 bits per heavy atom. The number of alkyl carbamates (subject to hydrolysis) is 1. The first-order valence-corrected chi connectivity index (χ1v) is 10.9. The van der Waals surface area contributed by atoms with Crippen molar-refractivity contribution in [3.05, 3.63) is 59.7 Å². The average molecular weight is 455 g/mol. The molecule has 8 nitrogen and oxygen atoms in total. The van der Waals surface area contributed by atoms with Gasteiger partial charge in [0.05, 0.1) is 6.10 Å². The van der Waals surface area contributed by atoms with Gasteiger partial charge in [0.15, 0.2) is 6.04 Å². The minimum atomic E-state index is -1.39. The number of carboxylic acids is 1. The predicted molar refractivity (Wildman–Crippen MR) is 123 cm³/mol. The van der Waals surface area contributed by atoms with Gasteiger partial charge in [0.1, 0.15) is 6.61 Å². The molecular formula is C25H30N2O6. The van der Waals surface area contributed by atoms with Crippen LogP contribution in [0.2, 0.25) is 0 Å². The smallest absolute Gasteiger partial charge is 0.407 e. The Morgan fingerprint density at radius 3 is 2.09 bits per heavy atom. The lowest BCUT2D eigenvalue weighted by Crippen LogP contribution is -2.49. The molecule has 2 aromatic rings. The van der Waals surface area contributed by atoms with E-state index in [1.165, 1.54) is 6.92 Å². The molecule has 33 heavy (non-hydrogen) atoms. The number of hydrogen-bond donors (Lipinski definition) is 4. The molecule has 1 aliphatic carbocycles. The number of aliphatic hydroxyl groups is 1. The zero-order valence-corrected chi connectivity index (χ0v) is 19.0. The molecule has 0 aliphatic heterocycles. The lowest BCUT2D eigenvalue weighted by atomic mass is 9.88. The molecule has 2 aromatic carbocycles. The number of nitrogens with one attached hydrogen (secondary N) is 2. The maximum atomic E-state index is 12.4. The Balaban J connectivity index is 1.52. The van der Waals surface area contributed by atoms with Crippen molar-refractivity contribution in [2.45, 2.75) is 45.3 Å². The molecule has 0 saturated carbocycles. The van der Waals surface area contributed by atoms with E-state index in [0.29, 0.717) is 0 Å². The second-order valence-corrected chi connectivity index (χ2v) is 9.14. The van der Waals surface area contributed by atoms with Gasteiger partial charge in [-0.15, -0.1) is 0 Å². The molecule has 176 valence electrons. The van der Waals surface area contributed by atoms with E-state index in [9.17, 15) is 19.5 Å². The number of carbonyl (C=O) groups excluding carboxylic acids is 2. The number of carboxylic acid groups (broad SMARTS) is 1. The summed E-state index contributed by atoms with van der Waals surface area (Å²) in [4.78, 5) is 35.7. The molecule has 0 spiro atoms. The molecule has 0 radical (unpaired) electrons. The Bertz CT molecular complexity index is 988. The van der Waals surface area contributed by atoms with Crippen LogP contribution in [0, 0.1) is 5.41 Å². The standard InChI is InChI=1S/C25H30N2O6/c1-15(28)22(23(30)31)27-21(29)12-25(2,3)14-26-24(32)33-13-20-18-10-6-4-8-16(18)17-9-5-7-11-19(17)20/h4-11,15,20,22,28H,12-14H2,1-3H3,(H,26,32)(H,27,29)(H,30,31). The van der Waals surface area contributed by atoms with Gasteiger partial charge in [-0.05, 0) is 34.6 Å². The minimum Gasteiger partial charge on any atom is -0.480 e. The summed E-state index contributed by atoms with van der Waals surface area (Å²) in [6, 6.07) is 14.7. The van der Waals surface area contributed by atoms with E-state index in [1.54, 1.807) is 13.8 Å². The van der Waals surface area contributed by atoms with Gasteiger partial charge in [0.25, 0.3) is 0 Å². The van der Waals surface area contributed by atoms with Crippen molar-refractivity contribution in [1.82, 2.24) is 10.6 Å². The Labute approximate surface area is 193 Å². The number of fused-ring (bicyclic) bond motifs is 3. The fourth-order valence-corrected chi connectivity index (χ4v) is 4.07. The number of aliphatic carboxylic acids is 1. The lowest BCUT2D eigenvalue weighted by molar-refractivity contribution is -0.145. The highest BCUT2D eigenvalue weighted by atomic mass is 16.5. The number of carbonyl (C=O) groups is 3. The molecule has 1 aliphatic rings. The fourth-order valence-electron chi connectivity index (χ4n) is 4.07. The Kier molecular flexibility index (Phi) is 7.38. The van der Waals surface area contributed by atoms with Crippen LogP contribution in [-0.4, -0.2) is 53.5 Å². The maximum Gasteiger partial charge on any atom is 0.407 e. The van der Waals surface area contributed by atoms with E-state index in [4.69, 9.17) is 9.84 Å². The van der Waals surface area contributed by atoms with Crippen LogP contribution in [0.4, 0.5) is 4.79 Å². The van der Waals surface area contributed by atoms with Gasteiger partial charge in [-0.25, -0.2) is 9.59 Å². The van der Waals surface area contributed by atoms with Crippen molar-refractivity contribution in [3.63, 3.8) is 0 Å². The SMILES string of the molecule is CC(O)C(NC(=O)CC(C)(C)CNC(=O)OCC1c2ccccc2-c2ccccc21)C(=O)O. The lowest BCUT2D eigenvalue weighted by Gasteiger charge is -2.26. The quantitative estimate of drug-likeness (QED) is 0.462. The van der Waals surface area contributed by atoms with Gasteiger partial charge >= 0.3 is 12.1 Å². The second-order valence-electron chi connectivity index (χ2n) is 9.14. The predicted octanol–water partition coefficient (Wildman–Crippen LogP) is 2.89. The van der Waals surface area contributed by atoms with Gasteiger partial charge < -0.3 is 25.6 Å². The number of benzene rings is 2. The highest BCUT2D eigenvalue weighted by Gasteiger charge is 2.31. The van der Waals surface area contributed by atoms with Crippen LogP contribution in [0.25, 0.3) is 11.1 Å². The molecule has 0 aromatic heterocycles. The third-order valence-corrected chi connectivity index (χ3v) is 5.76. The number of hydrogen-bond acceptors (Lipinski definition) is 5. The first-order valence-electron chi connectivity index (χ1n) is 10.9. The molecule has 3 rings (SSSR count). The van der Waals surface area contributed by atoms with Crippen molar-refractivity contribution in [2.75, 3.05) is 13.2 Å². The van der Waals surface area contributed by atoms with Crippen molar-refractivity contribution in [2.24, 2.45) is 5.41 Å². The molecular weight excluding hydrogens is 424 g/mol. The van der Waals surface area contributed by atoms with Crippen molar-refractivity contribution < 1.29 is 29.3 Å². The molecule has 4 N–H and O–H groups in total. The third-order valence-electron chi connectivity index (χ3n) is 5.76. The molecule has 0 saturated heterocycles. The highest BCUT2D eigenvalue weighted by Crippen LogP contribution is 2.44. The highest BCUT2D eigenvalue weighted by molar-refractivity contribution is 5.84. The molecule has 8 heteroatoms. The summed E-state index contributed by atoms with van der Waals surface area (Å²) in [5.74, 6) is -1.88. The number of ether oxygens (including phenoxy) is 1. The van der Waals surface area contributed by atoms with Gasteiger partial charge in [0.2, 0.25) is 5.91 Å². The second kappa shape index (κ2) is 10.0. The van der Waals surface area contributed by atoms with Crippen molar-refractivity contribution in [1.29, 1.82) is 0 Å². The molecule has 0 fully saturated rings. The molecule has 2 amide bonds. The molecule has 0 bridgehead atoms. The van der Waals surface area contributed by atoms with Gasteiger partial charge in [0, 0.05) is 18.9 Å². The number of aliphatic hydroxyl groups excluding tert-OH is 1. The van der Waals surface area contributed by atoms with Crippen LogP contribution in [0.15, 0.2) is 48.5 Å². The summed E-state index contributed by atoms with van der Waals surface area (Å²) in [5, 5.41) is 23.6. The van der Waals surface area contributed by atoms with E-state index >= 15 is 0 Å². The van der Waals surface area contributed by atoms with Crippen molar-refractivity contribution >= 4 is 18.0 Å². The molecule has 2 atom stereocenters. The summed E-state index contributed by atoms with van der Waals surface area (Å²) >= 11 is 0. The van der Waals surface area contributed by atoms with E-state index in [-0.39, 0.29) is 25.5 Å². The zero-order valence-electron chi connectivity index (χ0n) is 19.0. The van der Waals surface area contributed by atoms with Crippen LogP contribution in [-0.2, 0) is 14.3 Å². The minimum absolute atomic E-state index is 0.0346. The van der Waals surface area contributed by atoms with E-state index in [2.05, 4.69) is 22.8 Å². The first-order chi connectivity index (χ1) is 15.6. The van der Waals surface area contributed by atoms with Crippen LogP contribution in [0.1, 0.15) is 44.2 Å². The molecule has 0 heterocycles. The van der Waals surface area contributed by atoms with Crippen molar-refractivity contribution in [3.8, 4) is 11.1 Å². The van der Waals surface area contributed by atoms with Gasteiger partial charge in [-0.3, -0.25) is 4.79 Å². The first kappa shape index (κ1) is 24.3. The fraction of sp³-hybridized carbons (Fsp3) is 0.400. The van der Waals surface area contributed by atoms with Crippen LogP contribution in [0.3, 0.4) is 0 Å². The summed E-state index contributed by atoms with van der Waals surface area (Å²) in [5.41, 5.74) is 3.87. The Morgan fingerprint density at radius 2 is 1.58 bits per heavy atom. The zero-order chi connectivity index (χ0) is 24.2. The topological polar surface area (TPSA) is 125 Å². The van der Waals surface area contributed by atoms with E-state index in [1.807, 2.05) is 36.4 Å². The van der Waals surface area contributed by atoms with Crippen LogP contribution in [0.5, 0.6) is 0 Å². The maximum absolute atomic E-state index is 12.4. The average Bonchev–Trinajstić information content (AvgIpc) is 3.08. The van der Waals surface area contributed by atoms with Crippen LogP contribution >= 0.6 is 0 Å². The van der Waals surface area contributed by atoms with Gasteiger partial charge in [-0.1, -0.05) is 62.4 Å².